The van der Waals surface area contributed by atoms with Gasteiger partial charge in [-0.25, -0.2) is 4.79 Å². The van der Waals surface area contributed by atoms with Crippen LogP contribution in [0.4, 0.5) is 0 Å². The molecule has 0 aliphatic carbocycles. The Morgan fingerprint density at radius 2 is 2.09 bits per heavy atom. The second-order valence-corrected chi connectivity index (χ2v) is 6.27. The molecule has 3 N–H and O–H groups in total. The summed E-state index contributed by atoms with van der Waals surface area (Å²) in [5.41, 5.74) is 3.28. The first-order chi connectivity index (χ1) is 10.6. The number of nitrogens with zero attached hydrogens (tertiary/aromatic N) is 3. The quantitative estimate of drug-likeness (QED) is 0.778. The third-order valence-corrected chi connectivity index (χ3v) is 4.21. The van der Waals surface area contributed by atoms with Gasteiger partial charge in [-0.1, -0.05) is 17.8 Å². The Kier molecular flexibility index (Phi) is 4.30. The molecule has 0 fully saturated rings. The summed E-state index contributed by atoms with van der Waals surface area (Å²) >= 11 is 1.64. The molecule has 0 saturated carbocycles. The lowest BCUT2D eigenvalue weighted by molar-refractivity contribution is 0.413. The van der Waals surface area contributed by atoms with Crippen LogP contribution >= 0.6 is 11.8 Å². The van der Waals surface area contributed by atoms with Crippen LogP contribution < -0.4 is 11.0 Å². The van der Waals surface area contributed by atoms with Crippen LogP contribution in [0.15, 0.2) is 33.2 Å². The van der Waals surface area contributed by atoms with E-state index in [0.29, 0.717) is 0 Å². The van der Waals surface area contributed by atoms with Crippen molar-refractivity contribution in [2.45, 2.75) is 0 Å². The summed E-state index contributed by atoms with van der Waals surface area (Å²) in [6, 6.07) is 5.75. The minimum absolute atomic E-state index is 0.197. The number of hydrogen-bond acceptors (Lipinski definition) is 6. The molecular weight excluding hydrogens is 300 g/mol. The van der Waals surface area contributed by atoms with Crippen LogP contribution in [-0.2, 0) is 0 Å². The van der Waals surface area contributed by atoms with Gasteiger partial charge in [0.05, 0.1) is 16.7 Å². The number of aromatic nitrogens is 2. The van der Waals surface area contributed by atoms with Crippen molar-refractivity contribution in [1.82, 2.24) is 20.2 Å². The molecule has 3 rings (SSSR count). The molecule has 0 atom stereocenters. The Morgan fingerprint density at radius 1 is 1.27 bits per heavy atom. The van der Waals surface area contributed by atoms with Crippen molar-refractivity contribution in [3.05, 3.63) is 34.2 Å². The molecule has 1 aromatic carbocycles. The molecule has 8 heteroatoms. The van der Waals surface area contributed by atoms with Crippen LogP contribution in [0.5, 0.6) is 0 Å². The van der Waals surface area contributed by atoms with Gasteiger partial charge in [0.15, 0.2) is 5.17 Å². The molecule has 2 heterocycles. The summed E-state index contributed by atoms with van der Waals surface area (Å²) in [4.78, 5) is 18.9. The van der Waals surface area contributed by atoms with Gasteiger partial charge in [-0.15, -0.1) is 5.10 Å². The lowest BCUT2D eigenvalue weighted by Crippen LogP contribution is -2.31. The zero-order chi connectivity index (χ0) is 15.5. The Morgan fingerprint density at radius 3 is 2.82 bits per heavy atom. The number of thioether (sulfide) groups is 1. The fourth-order valence-electron chi connectivity index (χ4n) is 2.13. The average Bonchev–Trinajstić information content (AvgIpc) is 2.86. The second-order valence-electron chi connectivity index (χ2n) is 5.31. The number of rotatable bonds is 4. The summed E-state index contributed by atoms with van der Waals surface area (Å²) in [7, 11) is 4.07. The number of likely N-dealkylation sites (N-methyl/N-ethyl adjacent to an activating group) is 1. The summed E-state index contributed by atoms with van der Waals surface area (Å²) in [5.74, 6) is 0.758. The number of H-pyrrole nitrogens is 2. The minimum atomic E-state index is -0.197. The van der Waals surface area contributed by atoms with E-state index in [9.17, 15) is 4.79 Å². The lowest BCUT2D eigenvalue weighted by atomic mass is 10.1. The minimum Gasteiger partial charge on any atom is -0.362 e. The third-order valence-electron chi connectivity index (χ3n) is 3.29. The first kappa shape index (κ1) is 14.9. The van der Waals surface area contributed by atoms with E-state index in [1.807, 2.05) is 32.3 Å². The van der Waals surface area contributed by atoms with Crippen molar-refractivity contribution in [2.75, 3.05) is 32.9 Å². The topological polar surface area (TPSA) is 88.6 Å². The van der Waals surface area contributed by atoms with Crippen LogP contribution in [0.3, 0.4) is 0 Å². The molecule has 0 bridgehead atoms. The molecule has 1 aliphatic heterocycles. The molecule has 1 aliphatic rings. The molecule has 0 unspecified atom stereocenters. The number of fused-ring (bicyclic) bond motifs is 1. The number of benzene rings is 1. The summed E-state index contributed by atoms with van der Waals surface area (Å²) in [6.45, 7) is 1.80. The van der Waals surface area contributed by atoms with Gasteiger partial charge in [0, 0.05) is 24.4 Å². The predicted molar refractivity (Wildman–Crippen MR) is 91.9 cm³/mol. The van der Waals surface area contributed by atoms with Crippen LogP contribution in [0.1, 0.15) is 5.56 Å². The van der Waals surface area contributed by atoms with E-state index in [1.165, 1.54) is 0 Å². The summed E-state index contributed by atoms with van der Waals surface area (Å²) in [6.07, 6.45) is 0. The SMILES string of the molecule is CN(C)CCNC1=NN=C(c2ccc3[nH]c(=O)[nH]c3c2)CS1. The Balaban J connectivity index is 1.73. The molecule has 7 nitrogen and oxygen atoms in total. The smallest absolute Gasteiger partial charge is 0.323 e. The highest BCUT2D eigenvalue weighted by molar-refractivity contribution is 8.14. The highest BCUT2D eigenvalue weighted by atomic mass is 32.2. The van der Waals surface area contributed by atoms with Crippen LogP contribution in [0, 0.1) is 0 Å². The Labute approximate surface area is 131 Å². The highest BCUT2D eigenvalue weighted by Crippen LogP contribution is 2.17. The highest BCUT2D eigenvalue weighted by Gasteiger charge is 2.13. The first-order valence-corrected chi connectivity index (χ1v) is 7.99. The fourth-order valence-corrected chi connectivity index (χ4v) is 2.93. The number of amidine groups is 1. The number of aromatic amines is 2. The molecule has 1 aromatic heterocycles. The zero-order valence-electron chi connectivity index (χ0n) is 12.5. The maximum Gasteiger partial charge on any atom is 0.323 e. The van der Waals surface area contributed by atoms with Crippen molar-refractivity contribution in [3.63, 3.8) is 0 Å². The van der Waals surface area contributed by atoms with E-state index in [0.717, 1.165) is 46.3 Å². The first-order valence-electron chi connectivity index (χ1n) is 7.00. The van der Waals surface area contributed by atoms with Crippen molar-refractivity contribution in [1.29, 1.82) is 0 Å². The largest absolute Gasteiger partial charge is 0.362 e. The third kappa shape index (κ3) is 3.40. The summed E-state index contributed by atoms with van der Waals surface area (Å²) < 4.78 is 0. The van der Waals surface area contributed by atoms with Crippen molar-refractivity contribution in [3.8, 4) is 0 Å². The maximum atomic E-state index is 11.3. The Bertz CT molecular complexity index is 788. The van der Waals surface area contributed by atoms with E-state index < -0.39 is 0 Å². The van der Waals surface area contributed by atoms with E-state index in [4.69, 9.17) is 0 Å². The normalized spacial score (nSPS) is 15.0. The molecular formula is C14H18N6OS. The molecule has 0 amide bonds. The predicted octanol–water partition coefficient (Wildman–Crippen LogP) is 0.814. The lowest BCUT2D eigenvalue weighted by Gasteiger charge is -2.15. The van der Waals surface area contributed by atoms with Crippen LogP contribution in [-0.4, -0.2) is 58.7 Å². The zero-order valence-corrected chi connectivity index (χ0v) is 13.3. The van der Waals surface area contributed by atoms with E-state index in [1.54, 1.807) is 11.8 Å². The van der Waals surface area contributed by atoms with Gasteiger partial charge >= 0.3 is 5.69 Å². The summed E-state index contributed by atoms with van der Waals surface area (Å²) in [5, 5.41) is 12.6. The second kappa shape index (κ2) is 6.37. The molecule has 0 spiro atoms. The fraction of sp³-hybridized carbons (Fsp3) is 0.357. The number of hydrogen-bond donors (Lipinski definition) is 3. The maximum absolute atomic E-state index is 11.3. The van der Waals surface area contributed by atoms with Gasteiger partial charge < -0.3 is 20.2 Å². The molecule has 22 heavy (non-hydrogen) atoms. The van der Waals surface area contributed by atoms with Crippen molar-refractivity contribution < 1.29 is 0 Å². The van der Waals surface area contributed by atoms with Gasteiger partial charge in [-0.05, 0) is 26.2 Å². The van der Waals surface area contributed by atoms with Gasteiger partial charge in [-0.2, -0.15) is 5.10 Å². The van der Waals surface area contributed by atoms with Gasteiger partial charge in [0.1, 0.15) is 0 Å². The van der Waals surface area contributed by atoms with Crippen molar-refractivity contribution in [2.24, 2.45) is 10.2 Å². The van der Waals surface area contributed by atoms with Gasteiger partial charge in [0.25, 0.3) is 0 Å². The van der Waals surface area contributed by atoms with Crippen molar-refractivity contribution >= 4 is 33.7 Å². The molecule has 2 aromatic rings. The number of imidazole rings is 1. The molecule has 116 valence electrons. The monoisotopic (exact) mass is 318 g/mol. The van der Waals surface area contributed by atoms with E-state index >= 15 is 0 Å². The van der Waals surface area contributed by atoms with E-state index in [2.05, 4.69) is 30.4 Å². The van der Waals surface area contributed by atoms with Gasteiger partial charge in [-0.3, -0.25) is 0 Å². The van der Waals surface area contributed by atoms with Gasteiger partial charge in [0.2, 0.25) is 0 Å². The van der Waals surface area contributed by atoms with Crippen LogP contribution in [0.2, 0.25) is 0 Å². The molecule has 0 radical (unpaired) electrons. The average molecular weight is 318 g/mol. The number of nitrogens with one attached hydrogen (secondary N) is 3. The Hall–Kier alpha value is -2.06. The van der Waals surface area contributed by atoms with E-state index in [-0.39, 0.29) is 5.69 Å². The van der Waals surface area contributed by atoms with Crippen LogP contribution in [0.25, 0.3) is 11.0 Å². The molecule has 0 saturated heterocycles. The standard InChI is InChI=1S/C14H18N6OS/c1-20(2)6-5-15-14-19-18-12(8-22-14)9-3-4-10-11(7-9)17-13(21)16-10/h3-4,7H,5-6,8H2,1-2H3,(H,15,19)(H2,16,17,21).